The normalized spacial score (nSPS) is 17.2. The van der Waals surface area contributed by atoms with Crippen LogP contribution >= 0.6 is 0 Å². The summed E-state index contributed by atoms with van der Waals surface area (Å²) < 4.78 is 1.77. The zero-order chi connectivity index (χ0) is 12.3. The van der Waals surface area contributed by atoms with Crippen molar-refractivity contribution in [1.29, 1.82) is 0 Å². The van der Waals surface area contributed by atoms with Crippen LogP contribution in [0.15, 0.2) is 6.07 Å². The number of piperazine rings is 1. The van der Waals surface area contributed by atoms with Crippen LogP contribution in [0.2, 0.25) is 0 Å². The highest BCUT2D eigenvalue weighted by Crippen LogP contribution is 2.04. The van der Waals surface area contributed by atoms with Gasteiger partial charge in [0.2, 0.25) is 0 Å². The number of carboxylic acid groups (broad SMARTS) is 1. The topological polar surface area (TPSA) is 70.4 Å². The molecule has 2 N–H and O–H groups in total. The number of hydrogen-bond acceptors (Lipinski definition) is 4. The Hall–Kier alpha value is -1.40. The van der Waals surface area contributed by atoms with Crippen LogP contribution in [0.3, 0.4) is 0 Å². The quantitative estimate of drug-likeness (QED) is 0.760. The number of aryl methyl sites for hydroxylation is 1. The second-order valence-corrected chi connectivity index (χ2v) is 4.29. The van der Waals surface area contributed by atoms with Gasteiger partial charge < -0.3 is 10.4 Å². The van der Waals surface area contributed by atoms with Crippen molar-refractivity contribution in [2.24, 2.45) is 0 Å². The molecule has 0 bridgehead atoms. The lowest BCUT2D eigenvalue weighted by atomic mass is 10.3. The van der Waals surface area contributed by atoms with Gasteiger partial charge in [0.15, 0.2) is 5.69 Å². The molecule has 0 aromatic carbocycles. The zero-order valence-electron chi connectivity index (χ0n) is 10.0. The van der Waals surface area contributed by atoms with Gasteiger partial charge in [-0.1, -0.05) is 0 Å². The Labute approximate surface area is 100 Å². The van der Waals surface area contributed by atoms with Crippen LogP contribution in [0.25, 0.3) is 0 Å². The lowest BCUT2D eigenvalue weighted by Gasteiger charge is -2.27. The van der Waals surface area contributed by atoms with Crippen LogP contribution in [-0.2, 0) is 6.54 Å². The summed E-state index contributed by atoms with van der Waals surface area (Å²) in [5.41, 5.74) is 1.03. The molecular formula is C11H18N4O2. The molecule has 17 heavy (non-hydrogen) atoms. The Morgan fingerprint density at radius 1 is 1.47 bits per heavy atom. The average molecular weight is 238 g/mol. The number of aromatic nitrogens is 2. The zero-order valence-corrected chi connectivity index (χ0v) is 10.0. The third-order valence-electron chi connectivity index (χ3n) is 3.04. The Bertz CT molecular complexity index is 396. The summed E-state index contributed by atoms with van der Waals surface area (Å²) in [5.74, 6) is -0.964. The fourth-order valence-electron chi connectivity index (χ4n) is 2.01. The Kier molecular flexibility index (Phi) is 3.75. The van der Waals surface area contributed by atoms with Gasteiger partial charge in [0, 0.05) is 38.4 Å². The third kappa shape index (κ3) is 3.04. The first-order valence-corrected chi connectivity index (χ1v) is 5.87. The van der Waals surface area contributed by atoms with Crippen molar-refractivity contribution in [3.8, 4) is 0 Å². The van der Waals surface area contributed by atoms with E-state index in [4.69, 9.17) is 5.11 Å². The van der Waals surface area contributed by atoms with Crippen molar-refractivity contribution in [2.75, 3.05) is 32.7 Å². The fraction of sp³-hybridized carbons (Fsp3) is 0.636. The minimum absolute atomic E-state index is 0.128. The molecular weight excluding hydrogens is 220 g/mol. The third-order valence-corrected chi connectivity index (χ3v) is 3.04. The molecule has 1 saturated heterocycles. The van der Waals surface area contributed by atoms with Gasteiger partial charge in [-0.3, -0.25) is 9.58 Å². The molecule has 0 atom stereocenters. The Morgan fingerprint density at radius 3 is 2.76 bits per heavy atom. The molecule has 2 heterocycles. The van der Waals surface area contributed by atoms with Crippen molar-refractivity contribution >= 4 is 5.97 Å². The lowest BCUT2D eigenvalue weighted by Crippen LogP contribution is -2.44. The van der Waals surface area contributed by atoms with Crippen molar-refractivity contribution in [1.82, 2.24) is 20.0 Å². The molecule has 1 aromatic rings. The lowest BCUT2D eigenvalue weighted by molar-refractivity contribution is 0.0689. The van der Waals surface area contributed by atoms with Crippen LogP contribution in [-0.4, -0.2) is 58.5 Å². The maximum atomic E-state index is 10.8. The van der Waals surface area contributed by atoms with E-state index in [9.17, 15) is 4.79 Å². The largest absolute Gasteiger partial charge is 0.476 e. The van der Waals surface area contributed by atoms with Gasteiger partial charge in [-0.15, -0.1) is 0 Å². The van der Waals surface area contributed by atoms with E-state index in [1.165, 1.54) is 0 Å². The second kappa shape index (κ2) is 5.29. The van der Waals surface area contributed by atoms with E-state index in [2.05, 4.69) is 15.3 Å². The molecule has 0 radical (unpaired) electrons. The number of carbonyl (C=O) groups is 1. The SMILES string of the molecule is Cc1cc(C(=O)O)nn1CCN1CCNCC1. The number of nitrogens with zero attached hydrogens (tertiary/aromatic N) is 3. The van der Waals surface area contributed by atoms with E-state index in [0.717, 1.165) is 45.0 Å². The summed E-state index contributed by atoms with van der Waals surface area (Å²) in [6, 6.07) is 1.61. The highest BCUT2D eigenvalue weighted by atomic mass is 16.4. The molecule has 0 aliphatic carbocycles. The van der Waals surface area contributed by atoms with Crippen LogP contribution in [0.1, 0.15) is 16.2 Å². The van der Waals surface area contributed by atoms with Crippen LogP contribution < -0.4 is 5.32 Å². The summed E-state index contributed by atoms with van der Waals surface area (Å²) >= 11 is 0. The molecule has 1 aromatic heterocycles. The summed E-state index contributed by atoms with van der Waals surface area (Å²) in [6.45, 7) is 7.70. The molecule has 2 rings (SSSR count). The summed E-state index contributed by atoms with van der Waals surface area (Å²) in [4.78, 5) is 13.1. The van der Waals surface area contributed by atoms with Gasteiger partial charge >= 0.3 is 5.97 Å². The van der Waals surface area contributed by atoms with Gasteiger partial charge in [0.05, 0.1) is 6.54 Å². The summed E-state index contributed by atoms with van der Waals surface area (Å²) in [7, 11) is 0. The van der Waals surface area contributed by atoms with Crippen LogP contribution in [0, 0.1) is 6.92 Å². The smallest absolute Gasteiger partial charge is 0.356 e. The minimum atomic E-state index is -0.964. The average Bonchev–Trinajstić information content (AvgIpc) is 2.70. The van der Waals surface area contributed by atoms with Crippen molar-refractivity contribution in [2.45, 2.75) is 13.5 Å². The molecule has 0 unspecified atom stereocenters. The maximum Gasteiger partial charge on any atom is 0.356 e. The van der Waals surface area contributed by atoms with Gasteiger partial charge in [-0.25, -0.2) is 4.79 Å². The summed E-state index contributed by atoms with van der Waals surface area (Å²) in [5, 5.41) is 16.2. The van der Waals surface area contributed by atoms with Gasteiger partial charge in [-0.05, 0) is 13.0 Å². The first-order valence-electron chi connectivity index (χ1n) is 5.87. The predicted octanol–water partition coefficient (Wildman–Crippen LogP) is -0.205. The summed E-state index contributed by atoms with van der Waals surface area (Å²) in [6.07, 6.45) is 0. The van der Waals surface area contributed by atoms with Crippen LogP contribution in [0.5, 0.6) is 0 Å². The van der Waals surface area contributed by atoms with Crippen LogP contribution in [0.4, 0.5) is 0 Å². The molecule has 0 spiro atoms. The minimum Gasteiger partial charge on any atom is -0.476 e. The molecule has 1 aliphatic rings. The first kappa shape index (κ1) is 12.1. The first-order chi connectivity index (χ1) is 8.16. The molecule has 1 fully saturated rings. The van der Waals surface area contributed by atoms with E-state index in [-0.39, 0.29) is 5.69 Å². The number of carboxylic acids is 1. The van der Waals surface area contributed by atoms with E-state index >= 15 is 0 Å². The van der Waals surface area contributed by atoms with Crippen molar-refractivity contribution in [3.63, 3.8) is 0 Å². The van der Waals surface area contributed by atoms with E-state index in [1.807, 2.05) is 6.92 Å². The standard InChI is InChI=1S/C11H18N4O2/c1-9-8-10(11(16)17)13-15(9)7-6-14-4-2-12-3-5-14/h8,12H,2-7H2,1H3,(H,16,17). The molecule has 0 amide bonds. The Morgan fingerprint density at radius 2 is 2.18 bits per heavy atom. The van der Waals surface area contributed by atoms with Crippen molar-refractivity contribution in [3.05, 3.63) is 17.5 Å². The number of rotatable bonds is 4. The highest BCUT2D eigenvalue weighted by Gasteiger charge is 2.12. The van der Waals surface area contributed by atoms with Gasteiger partial charge in [0.25, 0.3) is 0 Å². The highest BCUT2D eigenvalue weighted by molar-refractivity contribution is 5.85. The van der Waals surface area contributed by atoms with E-state index < -0.39 is 5.97 Å². The fourth-order valence-corrected chi connectivity index (χ4v) is 2.01. The molecule has 0 saturated carbocycles. The van der Waals surface area contributed by atoms with Crippen molar-refractivity contribution < 1.29 is 9.90 Å². The van der Waals surface area contributed by atoms with Gasteiger partial charge in [0.1, 0.15) is 0 Å². The maximum absolute atomic E-state index is 10.8. The molecule has 94 valence electrons. The number of hydrogen-bond donors (Lipinski definition) is 2. The predicted molar refractivity (Wildman–Crippen MR) is 63.2 cm³/mol. The second-order valence-electron chi connectivity index (χ2n) is 4.29. The molecule has 1 aliphatic heterocycles. The monoisotopic (exact) mass is 238 g/mol. The molecule has 6 nitrogen and oxygen atoms in total. The number of nitrogens with one attached hydrogen (secondary N) is 1. The molecule has 6 heteroatoms. The van der Waals surface area contributed by atoms with Gasteiger partial charge in [-0.2, -0.15) is 5.10 Å². The Balaban J connectivity index is 1.91. The number of aromatic carboxylic acids is 1. The van der Waals surface area contributed by atoms with E-state index in [0.29, 0.717) is 0 Å². The van der Waals surface area contributed by atoms with E-state index in [1.54, 1.807) is 10.7 Å².